The van der Waals surface area contributed by atoms with E-state index in [1.165, 1.54) is 11.8 Å². The number of hydrogen-bond donors (Lipinski definition) is 2. The van der Waals surface area contributed by atoms with Crippen LogP contribution in [0.25, 0.3) is 11.3 Å². The molecule has 1 aromatic heterocycles. The first-order valence-electron chi connectivity index (χ1n) is 9.08. The van der Waals surface area contributed by atoms with E-state index in [4.69, 9.17) is 14.6 Å². The largest absolute Gasteiger partial charge is 0.482 e. The van der Waals surface area contributed by atoms with Gasteiger partial charge in [-0.1, -0.05) is 34.6 Å². The molecule has 10 heteroatoms. The maximum absolute atomic E-state index is 10.7. The van der Waals surface area contributed by atoms with E-state index in [0.717, 1.165) is 27.0 Å². The molecule has 0 saturated carbocycles. The molecular weight excluding hydrogens is 472 g/mol. The molecule has 3 aromatic rings. The molecule has 0 bridgehead atoms. The molecule has 1 atom stereocenters. The van der Waals surface area contributed by atoms with Crippen LogP contribution < -0.4 is 14.8 Å². The molecule has 1 aliphatic heterocycles. The van der Waals surface area contributed by atoms with Crippen LogP contribution in [0.15, 0.2) is 52.1 Å². The third-order valence-electron chi connectivity index (χ3n) is 4.21. The van der Waals surface area contributed by atoms with Gasteiger partial charge < -0.3 is 19.9 Å². The maximum atomic E-state index is 10.7. The molecule has 0 spiro atoms. The van der Waals surface area contributed by atoms with E-state index in [2.05, 4.69) is 36.4 Å². The van der Waals surface area contributed by atoms with Crippen LogP contribution in [0.3, 0.4) is 0 Å². The SMILES string of the molecule is CCSc1nnc2c(n1)OC(c1ccc(OCC(=O)O)cc1)Nc1ccc(Br)cc1-2. The van der Waals surface area contributed by atoms with Crippen molar-refractivity contribution in [2.45, 2.75) is 18.3 Å². The zero-order valence-electron chi connectivity index (χ0n) is 15.8. The van der Waals surface area contributed by atoms with Crippen molar-refractivity contribution in [2.24, 2.45) is 0 Å². The van der Waals surface area contributed by atoms with Crippen LogP contribution in [-0.2, 0) is 4.79 Å². The van der Waals surface area contributed by atoms with Crippen molar-refractivity contribution in [1.82, 2.24) is 15.2 Å². The zero-order valence-corrected chi connectivity index (χ0v) is 18.2. The number of nitrogens with zero attached hydrogens (tertiary/aromatic N) is 3. The smallest absolute Gasteiger partial charge is 0.341 e. The topological polar surface area (TPSA) is 106 Å². The van der Waals surface area contributed by atoms with E-state index in [9.17, 15) is 4.79 Å². The van der Waals surface area contributed by atoms with Crippen LogP contribution >= 0.6 is 27.7 Å². The van der Waals surface area contributed by atoms with Gasteiger partial charge in [0.25, 0.3) is 0 Å². The Kier molecular flexibility index (Phi) is 6.05. The predicted octanol–water partition coefficient (Wildman–Crippen LogP) is 4.38. The Morgan fingerprint density at radius 2 is 2.07 bits per heavy atom. The number of thioether (sulfide) groups is 1. The van der Waals surface area contributed by atoms with E-state index >= 15 is 0 Å². The lowest BCUT2D eigenvalue weighted by Crippen LogP contribution is -2.17. The molecule has 2 aromatic carbocycles. The second kappa shape index (κ2) is 8.88. The normalized spacial score (nSPS) is 14.5. The van der Waals surface area contributed by atoms with Crippen LogP contribution in [-0.4, -0.2) is 38.6 Å². The van der Waals surface area contributed by atoms with Gasteiger partial charge in [-0.3, -0.25) is 0 Å². The van der Waals surface area contributed by atoms with Crippen molar-refractivity contribution in [3.05, 3.63) is 52.5 Å². The van der Waals surface area contributed by atoms with Crippen LogP contribution in [0.2, 0.25) is 0 Å². The number of nitrogens with one attached hydrogen (secondary N) is 1. The Morgan fingerprint density at radius 1 is 1.27 bits per heavy atom. The third-order valence-corrected chi connectivity index (χ3v) is 5.42. The molecule has 0 amide bonds. The highest BCUT2D eigenvalue weighted by atomic mass is 79.9. The predicted molar refractivity (Wildman–Crippen MR) is 116 cm³/mol. The minimum absolute atomic E-state index is 0.390. The summed E-state index contributed by atoms with van der Waals surface area (Å²) in [5.41, 5.74) is 3.04. The number of rotatable bonds is 6. The Hall–Kier alpha value is -2.85. The standard InChI is InChI=1S/C20H17BrN4O4S/c1-2-30-20-23-19-17(24-25-20)14-9-12(21)5-8-15(14)22-18(29-19)11-3-6-13(7-4-11)28-10-16(26)27/h3-9,18,22H,2,10H2,1H3,(H,26,27). The summed E-state index contributed by atoms with van der Waals surface area (Å²) in [6.45, 7) is 1.62. The van der Waals surface area contributed by atoms with Crippen LogP contribution in [0.1, 0.15) is 18.7 Å². The molecule has 8 nitrogen and oxygen atoms in total. The van der Waals surface area contributed by atoms with E-state index in [-0.39, 0.29) is 0 Å². The number of carbonyl (C=O) groups is 1. The summed E-state index contributed by atoms with van der Waals surface area (Å²) in [4.78, 5) is 15.2. The second-order valence-electron chi connectivity index (χ2n) is 6.26. The average molecular weight is 489 g/mol. The molecule has 2 N–H and O–H groups in total. The van der Waals surface area contributed by atoms with Crippen LogP contribution in [0.4, 0.5) is 5.69 Å². The van der Waals surface area contributed by atoms with Crippen molar-refractivity contribution < 1.29 is 19.4 Å². The van der Waals surface area contributed by atoms with E-state index in [1.807, 2.05) is 37.3 Å². The molecule has 1 unspecified atom stereocenters. The summed E-state index contributed by atoms with van der Waals surface area (Å²) >= 11 is 4.99. The lowest BCUT2D eigenvalue weighted by Gasteiger charge is -2.19. The number of benzene rings is 2. The number of ether oxygens (including phenoxy) is 2. The lowest BCUT2D eigenvalue weighted by molar-refractivity contribution is -0.139. The molecule has 30 heavy (non-hydrogen) atoms. The number of carboxylic acid groups (broad SMARTS) is 1. The van der Waals surface area contributed by atoms with E-state index < -0.39 is 18.8 Å². The number of fused-ring (bicyclic) bond motifs is 3. The summed E-state index contributed by atoms with van der Waals surface area (Å²) in [6, 6.07) is 12.8. The summed E-state index contributed by atoms with van der Waals surface area (Å²) < 4.78 is 12.3. The number of aliphatic carboxylic acids is 1. The summed E-state index contributed by atoms with van der Waals surface area (Å²) in [6.07, 6.45) is -0.532. The second-order valence-corrected chi connectivity index (χ2v) is 8.41. The summed E-state index contributed by atoms with van der Waals surface area (Å²) in [7, 11) is 0. The van der Waals surface area contributed by atoms with E-state index in [0.29, 0.717) is 22.5 Å². The van der Waals surface area contributed by atoms with Gasteiger partial charge in [0.15, 0.2) is 18.5 Å². The summed E-state index contributed by atoms with van der Waals surface area (Å²) in [5.74, 6) is 0.647. The first kappa shape index (κ1) is 20.4. The van der Waals surface area contributed by atoms with Crippen molar-refractivity contribution in [3.63, 3.8) is 0 Å². The van der Waals surface area contributed by atoms with Crippen molar-refractivity contribution >= 4 is 39.3 Å². The number of aromatic nitrogens is 3. The van der Waals surface area contributed by atoms with Gasteiger partial charge in [0.1, 0.15) is 5.75 Å². The van der Waals surface area contributed by atoms with Crippen molar-refractivity contribution in [2.75, 3.05) is 17.7 Å². The molecule has 0 aliphatic carbocycles. The molecule has 2 heterocycles. The van der Waals surface area contributed by atoms with Crippen molar-refractivity contribution in [1.29, 1.82) is 0 Å². The quantitative estimate of drug-likeness (QED) is 0.488. The van der Waals surface area contributed by atoms with Gasteiger partial charge in [-0.15, -0.1) is 10.2 Å². The molecule has 154 valence electrons. The van der Waals surface area contributed by atoms with Gasteiger partial charge in [-0.25, -0.2) is 4.79 Å². The van der Waals surface area contributed by atoms with Crippen molar-refractivity contribution in [3.8, 4) is 22.9 Å². The Balaban J connectivity index is 1.70. The molecule has 0 saturated heterocycles. The molecule has 4 rings (SSSR count). The van der Waals surface area contributed by atoms with Gasteiger partial charge in [0.05, 0.1) is 0 Å². The maximum Gasteiger partial charge on any atom is 0.341 e. The highest BCUT2D eigenvalue weighted by molar-refractivity contribution is 9.10. The number of carboxylic acids is 1. The van der Waals surface area contributed by atoms with Gasteiger partial charge in [-0.2, -0.15) is 4.98 Å². The molecule has 1 aliphatic rings. The monoisotopic (exact) mass is 488 g/mol. The zero-order chi connectivity index (χ0) is 21.1. The molecule has 0 radical (unpaired) electrons. The highest BCUT2D eigenvalue weighted by Crippen LogP contribution is 2.40. The van der Waals surface area contributed by atoms with E-state index in [1.54, 1.807) is 12.1 Å². The highest BCUT2D eigenvalue weighted by Gasteiger charge is 2.26. The van der Waals surface area contributed by atoms with Gasteiger partial charge >= 0.3 is 5.97 Å². The third kappa shape index (κ3) is 4.49. The fourth-order valence-corrected chi connectivity index (χ4v) is 3.76. The Bertz CT molecular complexity index is 1080. The van der Waals surface area contributed by atoms with Gasteiger partial charge in [0, 0.05) is 21.3 Å². The van der Waals surface area contributed by atoms with Gasteiger partial charge in [-0.05, 0) is 48.2 Å². The Labute approximate surface area is 185 Å². The minimum atomic E-state index is -1.03. The van der Waals surface area contributed by atoms with Crippen LogP contribution in [0.5, 0.6) is 11.6 Å². The first-order chi connectivity index (χ1) is 14.5. The number of halogens is 1. The van der Waals surface area contributed by atoms with Gasteiger partial charge in [0.2, 0.25) is 11.0 Å². The minimum Gasteiger partial charge on any atom is -0.482 e. The Morgan fingerprint density at radius 3 is 2.80 bits per heavy atom. The number of anilines is 1. The first-order valence-corrected chi connectivity index (χ1v) is 10.9. The number of hydrogen-bond acceptors (Lipinski definition) is 8. The molecular formula is C20H17BrN4O4S. The van der Waals surface area contributed by atoms with Crippen LogP contribution in [0, 0.1) is 0 Å². The lowest BCUT2D eigenvalue weighted by atomic mass is 10.1. The fourth-order valence-electron chi connectivity index (χ4n) is 2.90. The fraction of sp³-hybridized carbons (Fsp3) is 0.200. The average Bonchev–Trinajstić information content (AvgIpc) is 2.89. The molecule has 0 fully saturated rings. The summed E-state index contributed by atoms with van der Waals surface area (Å²) in [5, 5.41) is 21.3.